The highest BCUT2D eigenvalue weighted by atomic mass is 32.1. The molecule has 0 radical (unpaired) electrons. The third-order valence-electron chi connectivity index (χ3n) is 4.11. The molecule has 0 spiro atoms. The van der Waals surface area contributed by atoms with Crippen molar-refractivity contribution in [1.29, 1.82) is 0 Å². The van der Waals surface area contributed by atoms with Crippen LogP contribution in [-0.4, -0.2) is 11.9 Å². The van der Waals surface area contributed by atoms with Gasteiger partial charge in [0.1, 0.15) is 17.2 Å². The molecule has 6 heteroatoms. The molecule has 1 aliphatic heterocycles. The Morgan fingerprint density at radius 3 is 2.58 bits per heavy atom. The fraction of sp³-hybridized carbons (Fsp3) is 0.100. The molecule has 26 heavy (non-hydrogen) atoms. The van der Waals surface area contributed by atoms with Gasteiger partial charge < -0.3 is 15.2 Å². The van der Waals surface area contributed by atoms with Crippen molar-refractivity contribution in [2.75, 3.05) is 0 Å². The van der Waals surface area contributed by atoms with E-state index in [1.54, 1.807) is 30.3 Å². The summed E-state index contributed by atoms with van der Waals surface area (Å²) in [6, 6.07) is 18.2. The molecule has 0 saturated heterocycles. The number of esters is 1. The van der Waals surface area contributed by atoms with E-state index in [9.17, 15) is 9.59 Å². The first-order chi connectivity index (χ1) is 12.6. The average Bonchev–Trinajstić information content (AvgIpc) is 3.11. The molecule has 1 amide bonds. The summed E-state index contributed by atoms with van der Waals surface area (Å²) < 4.78 is 11.1. The largest absolute Gasteiger partial charge is 0.488 e. The van der Waals surface area contributed by atoms with Crippen LogP contribution in [0.5, 0.6) is 5.75 Å². The standard InChI is InChI=1S/C20H15NO4S/c21-19(22)17(12-6-2-1-3-7-12)25-20(23)16-10-13-11-24-15-9-5-4-8-14(15)18(13)26-16/h1-10,17H,11H2,(H2,21,22)/t17-/m0/s1. The fourth-order valence-corrected chi connectivity index (χ4v) is 3.96. The summed E-state index contributed by atoms with van der Waals surface area (Å²) in [4.78, 5) is 25.8. The molecule has 0 unspecified atom stereocenters. The summed E-state index contributed by atoms with van der Waals surface area (Å²) >= 11 is 1.33. The third-order valence-corrected chi connectivity index (χ3v) is 5.30. The van der Waals surface area contributed by atoms with Crippen LogP contribution in [0.3, 0.4) is 0 Å². The van der Waals surface area contributed by atoms with Crippen molar-refractivity contribution in [1.82, 2.24) is 0 Å². The number of nitrogens with two attached hydrogens (primary N) is 1. The highest BCUT2D eigenvalue weighted by Crippen LogP contribution is 2.42. The first kappa shape index (κ1) is 16.4. The number of para-hydroxylation sites is 1. The minimum atomic E-state index is -1.12. The van der Waals surface area contributed by atoms with Crippen LogP contribution in [0.2, 0.25) is 0 Å². The molecule has 0 aliphatic carbocycles. The van der Waals surface area contributed by atoms with E-state index in [2.05, 4.69) is 0 Å². The summed E-state index contributed by atoms with van der Waals surface area (Å²) in [5.74, 6) is -0.491. The fourth-order valence-electron chi connectivity index (χ4n) is 2.88. The number of rotatable bonds is 4. The van der Waals surface area contributed by atoms with Crippen LogP contribution >= 0.6 is 11.3 Å². The topological polar surface area (TPSA) is 78.6 Å². The predicted octanol–water partition coefficient (Wildman–Crippen LogP) is 3.69. The molecule has 4 rings (SSSR count). The van der Waals surface area contributed by atoms with Crippen molar-refractivity contribution in [3.63, 3.8) is 0 Å². The van der Waals surface area contributed by atoms with Gasteiger partial charge in [-0.15, -0.1) is 11.3 Å². The maximum atomic E-state index is 12.6. The number of amides is 1. The van der Waals surface area contributed by atoms with Crippen LogP contribution in [0.15, 0.2) is 60.7 Å². The van der Waals surface area contributed by atoms with Gasteiger partial charge in [-0.05, 0) is 18.2 Å². The van der Waals surface area contributed by atoms with Gasteiger partial charge in [0, 0.05) is 21.6 Å². The molecule has 3 aromatic rings. The Labute approximate surface area is 154 Å². The van der Waals surface area contributed by atoms with E-state index in [1.165, 1.54) is 11.3 Å². The molecule has 1 aromatic heterocycles. The normalized spacial score (nSPS) is 13.1. The van der Waals surface area contributed by atoms with Crippen molar-refractivity contribution >= 4 is 23.2 Å². The summed E-state index contributed by atoms with van der Waals surface area (Å²) in [7, 11) is 0. The monoisotopic (exact) mass is 365 g/mol. The van der Waals surface area contributed by atoms with Gasteiger partial charge >= 0.3 is 5.97 Å². The zero-order valence-corrected chi connectivity index (χ0v) is 14.5. The zero-order chi connectivity index (χ0) is 18.1. The Bertz CT molecular complexity index is 980. The van der Waals surface area contributed by atoms with E-state index < -0.39 is 18.0 Å². The number of ether oxygens (including phenoxy) is 2. The quantitative estimate of drug-likeness (QED) is 0.715. The van der Waals surface area contributed by atoms with Gasteiger partial charge in [-0.25, -0.2) is 4.79 Å². The van der Waals surface area contributed by atoms with Crippen molar-refractivity contribution in [3.8, 4) is 16.2 Å². The highest BCUT2D eigenvalue weighted by molar-refractivity contribution is 7.17. The number of carbonyl (C=O) groups is 2. The molecular formula is C20H15NO4S. The number of benzene rings is 2. The smallest absolute Gasteiger partial charge is 0.349 e. The van der Waals surface area contributed by atoms with E-state index in [0.717, 1.165) is 21.8 Å². The Hall–Kier alpha value is -3.12. The molecule has 1 aliphatic rings. The van der Waals surface area contributed by atoms with Crippen molar-refractivity contribution in [2.24, 2.45) is 5.73 Å². The number of hydrogen-bond donors (Lipinski definition) is 1. The van der Waals surface area contributed by atoms with Gasteiger partial charge in [-0.3, -0.25) is 4.79 Å². The lowest BCUT2D eigenvalue weighted by atomic mass is 10.1. The van der Waals surface area contributed by atoms with Gasteiger partial charge in [-0.1, -0.05) is 42.5 Å². The molecule has 5 nitrogen and oxygen atoms in total. The first-order valence-corrected chi connectivity index (χ1v) is 8.85. The first-order valence-electron chi connectivity index (χ1n) is 8.03. The van der Waals surface area contributed by atoms with Crippen molar-refractivity contribution in [3.05, 3.63) is 76.7 Å². The van der Waals surface area contributed by atoms with Gasteiger partial charge in [0.2, 0.25) is 6.10 Å². The Morgan fingerprint density at radius 2 is 1.81 bits per heavy atom. The second kappa shape index (κ2) is 6.65. The number of fused-ring (bicyclic) bond motifs is 3. The SMILES string of the molecule is NC(=O)[C@@H](OC(=O)c1cc2c(s1)-c1ccccc1OC2)c1ccccc1. The maximum absolute atomic E-state index is 12.6. The maximum Gasteiger partial charge on any atom is 0.349 e. The summed E-state index contributed by atoms with van der Waals surface area (Å²) in [5, 5.41) is 0. The van der Waals surface area contributed by atoms with Crippen LogP contribution in [0, 0.1) is 0 Å². The Morgan fingerprint density at radius 1 is 1.08 bits per heavy atom. The second-order valence-electron chi connectivity index (χ2n) is 5.85. The Balaban J connectivity index is 1.62. The number of primary amides is 1. The molecule has 0 saturated carbocycles. The van der Waals surface area contributed by atoms with Crippen LogP contribution in [0.25, 0.3) is 10.4 Å². The number of thiophene rings is 1. The molecule has 0 fully saturated rings. The molecule has 2 aromatic carbocycles. The van der Waals surface area contributed by atoms with Gasteiger partial charge in [0.05, 0.1) is 0 Å². The van der Waals surface area contributed by atoms with Crippen LogP contribution < -0.4 is 10.5 Å². The van der Waals surface area contributed by atoms with Crippen molar-refractivity contribution in [2.45, 2.75) is 12.7 Å². The number of carbonyl (C=O) groups excluding carboxylic acids is 2. The lowest BCUT2D eigenvalue weighted by Crippen LogP contribution is -2.26. The summed E-state index contributed by atoms with van der Waals surface area (Å²) in [6.07, 6.45) is -1.12. The molecular weight excluding hydrogens is 350 g/mol. The van der Waals surface area contributed by atoms with Crippen LogP contribution in [0.1, 0.15) is 26.9 Å². The van der Waals surface area contributed by atoms with Gasteiger partial charge in [0.25, 0.3) is 5.91 Å². The van der Waals surface area contributed by atoms with E-state index in [1.807, 2.05) is 30.3 Å². The van der Waals surface area contributed by atoms with Crippen molar-refractivity contribution < 1.29 is 19.1 Å². The minimum Gasteiger partial charge on any atom is -0.488 e. The van der Waals surface area contributed by atoms with E-state index in [0.29, 0.717) is 17.0 Å². The van der Waals surface area contributed by atoms with Gasteiger partial charge in [0.15, 0.2) is 0 Å². The van der Waals surface area contributed by atoms with E-state index in [4.69, 9.17) is 15.2 Å². The van der Waals surface area contributed by atoms with Gasteiger partial charge in [-0.2, -0.15) is 0 Å². The third kappa shape index (κ3) is 2.95. The minimum absolute atomic E-state index is 0.397. The van der Waals surface area contributed by atoms with Crippen LogP contribution in [0.4, 0.5) is 0 Å². The lowest BCUT2D eigenvalue weighted by molar-refractivity contribution is -0.127. The molecule has 0 bridgehead atoms. The molecule has 2 heterocycles. The predicted molar refractivity (Wildman–Crippen MR) is 97.9 cm³/mol. The second-order valence-corrected chi connectivity index (χ2v) is 6.90. The van der Waals surface area contributed by atoms with E-state index >= 15 is 0 Å². The number of hydrogen-bond acceptors (Lipinski definition) is 5. The average molecular weight is 365 g/mol. The lowest BCUT2D eigenvalue weighted by Gasteiger charge is -2.16. The van der Waals surface area contributed by atoms with Crippen LogP contribution in [-0.2, 0) is 16.1 Å². The zero-order valence-electron chi connectivity index (χ0n) is 13.7. The molecule has 2 N–H and O–H groups in total. The van der Waals surface area contributed by atoms with E-state index in [-0.39, 0.29) is 0 Å². The Kier molecular flexibility index (Phi) is 4.18. The summed E-state index contributed by atoms with van der Waals surface area (Å²) in [6.45, 7) is 0.397. The highest BCUT2D eigenvalue weighted by Gasteiger charge is 2.27. The molecule has 1 atom stereocenters. The molecule has 130 valence electrons. The summed E-state index contributed by atoms with van der Waals surface area (Å²) in [5.41, 5.74) is 7.85.